The molecule has 0 unspecified atom stereocenters. The summed E-state index contributed by atoms with van der Waals surface area (Å²) in [6, 6.07) is 3.21. The van der Waals surface area contributed by atoms with Crippen molar-refractivity contribution in [2.24, 2.45) is 11.8 Å². The van der Waals surface area contributed by atoms with Gasteiger partial charge in [-0.05, 0) is 18.2 Å². The molecule has 1 saturated heterocycles. The summed E-state index contributed by atoms with van der Waals surface area (Å²) in [7, 11) is 2.60. The number of allylic oxidation sites excluding steroid dienone is 2. The average molecular weight is 420 g/mol. The Morgan fingerprint density at radius 1 is 1.36 bits per heavy atom. The minimum atomic E-state index is -4.70. The smallest absolute Gasteiger partial charge is 0.384 e. The summed E-state index contributed by atoms with van der Waals surface area (Å²) >= 11 is 5.17. The molecule has 1 fully saturated rings. The maximum atomic E-state index is 13.8. The molecule has 2 atom stereocenters. The molecule has 5 nitrogen and oxygen atoms in total. The molecule has 0 radical (unpaired) electrons. The Kier molecular flexibility index (Phi) is 6.37. The van der Waals surface area contributed by atoms with Crippen LogP contribution in [0, 0.1) is 28.9 Å². The topological polar surface area (TPSA) is 68.2 Å². The van der Waals surface area contributed by atoms with Crippen LogP contribution < -0.4 is 10.6 Å². The molecule has 28 heavy (non-hydrogen) atoms. The number of amides is 1. The number of carbonyl (C=O) groups excluding carboxylic acids is 1. The standard InChI is InChI=1S/C17H17F5N4OS/c1-24-12(17(20,21)22)6-10(23)8-7-26(2)16(28)13(8)15(27)25-11-5-3-4-9(18)14(11)19/h3-6,8,13,23-24H,7H2,1-2H3,(H,25,27)/b12-6-,23-10?/t8-,13+/m1/s1. The molecule has 11 heteroatoms. The van der Waals surface area contributed by atoms with Crippen molar-refractivity contribution in [3.63, 3.8) is 0 Å². The van der Waals surface area contributed by atoms with Crippen LogP contribution in [-0.4, -0.2) is 48.3 Å². The minimum absolute atomic E-state index is 0.0345. The van der Waals surface area contributed by atoms with Crippen LogP contribution in [-0.2, 0) is 4.79 Å². The van der Waals surface area contributed by atoms with Crippen LogP contribution in [0.1, 0.15) is 0 Å². The van der Waals surface area contributed by atoms with Gasteiger partial charge >= 0.3 is 6.18 Å². The van der Waals surface area contributed by atoms with E-state index in [9.17, 15) is 26.7 Å². The lowest BCUT2D eigenvalue weighted by Gasteiger charge is -2.19. The van der Waals surface area contributed by atoms with E-state index in [1.807, 2.05) is 5.32 Å². The third kappa shape index (κ3) is 4.46. The van der Waals surface area contributed by atoms with Crippen LogP contribution in [0.25, 0.3) is 0 Å². The Hall–Kier alpha value is -2.56. The van der Waals surface area contributed by atoms with E-state index in [-0.39, 0.29) is 11.5 Å². The minimum Gasteiger partial charge on any atom is -0.384 e. The highest BCUT2D eigenvalue weighted by Gasteiger charge is 2.43. The van der Waals surface area contributed by atoms with E-state index >= 15 is 0 Å². The normalized spacial score (nSPS) is 20.3. The third-order valence-corrected chi connectivity index (χ3v) is 4.85. The highest BCUT2D eigenvalue weighted by molar-refractivity contribution is 7.80. The van der Waals surface area contributed by atoms with Crippen molar-refractivity contribution in [2.45, 2.75) is 6.18 Å². The number of thiocarbonyl (C=S) groups is 1. The maximum Gasteiger partial charge on any atom is 0.430 e. The number of nitrogens with one attached hydrogen (secondary N) is 3. The summed E-state index contributed by atoms with van der Waals surface area (Å²) in [5.41, 5.74) is -2.03. The van der Waals surface area contributed by atoms with Gasteiger partial charge in [0.2, 0.25) is 5.91 Å². The molecule has 0 aliphatic carbocycles. The van der Waals surface area contributed by atoms with Crippen molar-refractivity contribution >= 4 is 34.5 Å². The number of hydrogen-bond donors (Lipinski definition) is 3. The van der Waals surface area contributed by atoms with Crippen molar-refractivity contribution in [1.29, 1.82) is 5.41 Å². The SMILES string of the molecule is CN/C(=C\C(=N)[C@H]1CN(C)C(=S)[C@@H]1C(=O)Nc1cccc(F)c1F)C(F)(F)F. The van der Waals surface area contributed by atoms with E-state index < -0.39 is 52.6 Å². The highest BCUT2D eigenvalue weighted by Crippen LogP contribution is 2.30. The predicted octanol–water partition coefficient (Wildman–Crippen LogP) is 3.09. The van der Waals surface area contributed by atoms with Gasteiger partial charge in [-0.1, -0.05) is 18.3 Å². The third-order valence-electron chi connectivity index (χ3n) is 4.28. The summed E-state index contributed by atoms with van der Waals surface area (Å²) in [4.78, 5) is 14.2. The van der Waals surface area contributed by atoms with Crippen LogP contribution in [0.5, 0.6) is 0 Å². The quantitative estimate of drug-likeness (QED) is 0.389. The number of anilines is 1. The van der Waals surface area contributed by atoms with Crippen molar-refractivity contribution < 1.29 is 26.7 Å². The zero-order valence-electron chi connectivity index (χ0n) is 14.8. The van der Waals surface area contributed by atoms with Gasteiger partial charge in [0.15, 0.2) is 11.6 Å². The average Bonchev–Trinajstić information content (AvgIpc) is 2.90. The van der Waals surface area contributed by atoms with Crippen LogP contribution in [0.2, 0.25) is 0 Å². The summed E-state index contributed by atoms with van der Waals surface area (Å²) in [6.07, 6.45) is -4.11. The number of likely N-dealkylation sites (tertiary alicyclic amines) is 1. The molecule has 0 spiro atoms. The summed E-state index contributed by atoms with van der Waals surface area (Å²) < 4.78 is 65.9. The number of halogens is 5. The lowest BCUT2D eigenvalue weighted by molar-refractivity contribution is -0.118. The van der Waals surface area contributed by atoms with Crippen molar-refractivity contribution in [3.05, 3.63) is 41.6 Å². The second-order valence-corrected chi connectivity index (χ2v) is 6.57. The van der Waals surface area contributed by atoms with Gasteiger partial charge in [0.05, 0.1) is 16.6 Å². The monoisotopic (exact) mass is 420 g/mol. The van der Waals surface area contributed by atoms with Crippen LogP contribution in [0.4, 0.5) is 27.6 Å². The summed E-state index contributed by atoms with van der Waals surface area (Å²) in [5.74, 6) is -5.44. The van der Waals surface area contributed by atoms with Crippen molar-refractivity contribution in [1.82, 2.24) is 10.2 Å². The molecule has 1 heterocycles. The first kappa shape index (κ1) is 21.7. The first-order chi connectivity index (χ1) is 13.0. The lowest BCUT2D eigenvalue weighted by atomic mass is 9.89. The summed E-state index contributed by atoms with van der Waals surface area (Å²) in [5, 5.41) is 12.2. The lowest BCUT2D eigenvalue weighted by Crippen LogP contribution is -2.35. The van der Waals surface area contributed by atoms with Crippen LogP contribution >= 0.6 is 12.2 Å². The fraction of sp³-hybridized carbons (Fsp3) is 0.353. The van der Waals surface area contributed by atoms with Gasteiger partial charge in [0, 0.05) is 32.3 Å². The Morgan fingerprint density at radius 3 is 2.57 bits per heavy atom. The second kappa shape index (κ2) is 8.21. The maximum absolute atomic E-state index is 13.8. The Labute approximate surface area is 163 Å². The van der Waals surface area contributed by atoms with Gasteiger partial charge in [-0.25, -0.2) is 8.78 Å². The van der Waals surface area contributed by atoms with Crippen LogP contribution in [0.3, 0.4) is 0 Å². The van der Waals surface area contributed by atoms with E-state index in [2.05, 4.69) is 5.32 Å². The molecule has 152 valence electrons. The van der Waals surface area contributed by atoms with E-state index in [0.717, 1.165) is 19.2 Å². The molecule has 0 saturated carbocycles. The predicted molar refractivity (Wildman–Crippen MR) is 98.1 cm³/mol. The van der Waals surface area contributed by atoms with Gasteiger partial charge < -0.3 is 20.9 Å². The molecule has 1 aliphatic heterocycles. The zero-order valence-corrected chi connectivity index (χ0v) is 15.6. The molecular weight excluding hydrogens is 403 g/mol. The van der Waals surface area contributed by atoms with Gasteiger partial charge in [-0.2, -0.15) is 13.2 Å². The van der Waals surface area contributed by atoms with Crippen molar-refractivity contribution in [2.75, 3.05) is 26.0 Å². The number of benzene rings is 1. The number of alkyl halides is 3. The van der Waals surface area contributed by atoms with Gasteiger partial charge in [-0.15, -0.1) is 0 Å². The Bertz CT molecular complexity index is 839. The molecule has 1 aromatic rings. The molecule has 1 amide bonds. The molecule has 2 rings (SSSR count). The van der Waals surface area contributed by atoms with Gasteiger partial charge in [0.1, 0.15) is 5.70 Å². The molecular formula is C17H17F5N4OS. The first-order valence-corrected chi connectivity index (χ1v) is 8.43. The van der Waals surface area contributed by atoms with Crippen molar-refractivity contribution in [3.8, 4) is 0 Å². The zero-order chi connectivity index (χ0) is 21.2. The molecule has 1 aliphatic rings. The number of hydrogen-bond acceptors (Lipinski definition) is 4. The van der Waals surface area contributed by atoms with Gasteiger partial charge in [-0.3, -0.25) is 4.79 Å². The molecule has 1 aromatic carbocycles. The highest BCUT2D eigenvalue weighted by atomic mass is 32.1. The molecule has 0 aromatic heterocycles. The second-order valence-electron chi connectivity index (χ2n) is 6.15. The van der Waals surface area contributed by atoms with Crippen LogP contribution in [0.15, 0.2) is 30.0 Å². The molecule has 3 N–H and O–H groups in total. The fourth-order valence-corrected chi connectivity index (χ4v) is 3.19. The van der Waals surface area contributed by atoms with E-state index in [1.165, 1.54) is 18.0 Å². The number of carbonyl (C=O) groups is 1. The Morgan fingerprint density at radius 2 is 2.00 bits per heavy atom. The molecule has 0 bridgehead atoms. The Balaban J connectivity index is 2.31. The van der Waals surface area contributed by atoms with E-state index in [4.69, 9.17) is 17.6 Å². The number of rotatable bonds is 5. The largest absolute Gasteiger partial charge is 0.430 e. The first-order valence-electron chi connectivity index (χ1n) is 8.02. The fourth-order valence-electron chi connectivity index (χ4n) is 2.84. The summed E-state index contributed by atoms with van der Waals surface area (Å²) in [6.45, 7) is 0.0345. The number of nitrogens with zero attached hydrogens (tertiary/aromatic N) is 1. The van der Waals surface area contributed by atoms with E-state index in [1.54, 1.807) is 0 Å². The van der Waals surface area contributed by atoms with E-state index in [0.29, 0.717) is 6.08 Å². The van der Waals surface area contributed by atoms with Gasteiger partial charge in [0.25, 0.3) is 0 Å².